The van der Waals surface area contributed by atoms with Crippen molar-refractivity contribution in [3.8, 4) is 11.3 Å². The number of hydrogen-bond donors (Lipinski definition) is 2. The average molecular weight is 427 g/mol. The number of piperazine rings is 1. The van der Waals surface area contributed by atoms with Gasteiger partial charge in [-0.25, -0.2) is 19.9 Å². The van der Waals surface area contributed by atoms with E-state index in [2.05, 4.69) is 30.5 Å². The van der Waals surface area contributed by atoms with Crippen molar-refractivity contribution in [2.24, 2.45) is 0 Å². The Hall–Kier alpha value is -2.40. The second-order valence-electron chi connectivity index (χ2n) is 7.66. The Labute approximate surface area is 179 Å². The molecule has 0 aliphatic carbocycles. The van der Waals surface area contributed by atoms with Gasteiger partial charge < -0.3 is 20.7 Å². The first-order valence-electron chi connectivity index (χ1n) is 10.3. The van der Waals surface area contributed by atoms with Gasteiger partial charge in [0.2, 0.25) is 11.9 Å². The van der Waals surface area contributed by atoms with Gasteiger partial charge in [-0.15, -0.1) is 11.3 Å². The highest BCUT2D eigenvalue weighted by atomic mass is 32.1. The van der Waals surface area contributed by atoms with Crippen LogP contribution in [0.15, 0.2) is 11.6 Å². The van der Waals surface area contributed by atoms with Crippen LogP contribution in [0, 0.1) is 6.92 Å². The van der Waals surface area contributed by atoms with Crippen LogP contribution in [0.2, 0.25) is 0 Å². The van der Waals surface area contributed by atoms with E-state index >= 15 is 0 Å². The zero-order valence-electron chi connectivity index (χ0n) is 17.1. The Kier molecular flexibility index (Phi) is 5.47. The second kappa shape index (κ2) is 8.38. The summed E-state index contributed by atoms with van der Waals surface area (Å²) in [6, 6.07) is 0. The molecule has 0 spiro atoms. The highest BCUT2D eigenvalue weighted by molar-refractivity contribution is 7.17. The first kappa shape index (κ1) is 19.6. The number of ether oxygens (including phenoxy) is 1. The minimum Gasteiger partial charge on any atom is -0.378 e. The molecule has 5 heterocycles. The third-order valence-corrected chi connectivity index (χ3v) is 6.65. The van der Waals surface area contributed by atoms with Gasteiger partial charge in [-0.05, 0) is 12.3 Å². The summed E-state index contributed by atoms with van der Waals surface area (Å²) < 4.78 is 6.60. The van der Waals surface area contributed by atoms with E-state index in [0.29, 0.717) is 13.2 Å². The van der Waals surface area contributed by atoms with Gasteiger partial charge in [-0.3, -0.25) is 4.90 Å². The SMILES string of the molecule is Cc1nc(N)ncc1-c1nc(N2CCOCC2)nc2c(CN3CCNCC3)csc12. The quantitative estimate of drug-likeness (QED) is 0.638. The number of anilines is 2. The van der Waals surface area contributed by atoms with Crippen molar-refractivity contribution in [1.82, 2.24) is 30.2 Å². The van der Waals surface area contributed by atoms with Gasteiger partial charge in [0.15, 0.2) is 0 Å². The molecule has 2 saturated heterocycles. The lowest BCUT2D eigenvalue weighted by Crippen LogP contribution is -2.42. The Morgan fingerprint density at radius 3 is 2.70 bits per heavy atom. The lowest BCUT2D eigenvalue weighted by Gasteiger charge is -2.28. The largest absolute Gasteiger partial charge is 0.378 e. The maximum Gasteiger partial charge on any atom is 0.226 e. The van der Waals surface area contributed by atoms with E-state index in [1.807, 2.05) is 6.92 Å². The number of rotatable bonds is 4. The molecule has 3 aromatic rings. The molecule has 3 N–H and O–H groups in total. The molecule has 0 bridgehead atoms. The van der Waals surface area contributed by atoms with Crippen LogP contribution in [0.3, 0.4) is 0 Å². The monoisotopic (exact) mass is 426 g/mol. The fourth-order valence-corrected chi connectivity index (χ4v) is 4.98. The molecule has 9 nitrogen and oxygen atoms in total. The van der Waals surface area contributed by atoms with Crippen LogP contribution in [0.4, 0.5) is 11.9 Å². The van der Waals surface area contributed by atoms with Crippen LogP contribution in [0.1, 0.15) is 11.3 Å². The maximum atomic E-state index is 5.79. The molecule has 2 aliphatic rings. The summed E-state index contributed by atoms with van der Waals surface area (Å²) >= 11 is 1.69. The fourth-order valence-electron chi connectivity index (χ4n) is 3.98. The van der Waals surface area contributed by atoms with Gasteiger partial charge >= 0.3 is 0 Å². The van der Waals surface area contributed by atoms with E-state index in [1.165, 1.54) is 5.56 Å². The molecule has 5 rings (SSSR count). The first-order valence-corrected chi connectivity index (χ1v) is 11.2. The van der Waals surface area contributed by atoms with Gasteiger partial charge in [-0.1, -0.05) is 0 Å². The number of nitrogens with zero attached hydrogens (tertiary/aromatic N) is 6. The summed E-state index contributed by atoms with van der Waals surface area (Å²) in [6.45, 7) is 9.98. The normalized spacial score (nSPS) is 18.2. The highest BCUT2D eigenvalue weighted by Crippen LogP contribution is 2.36. The molecule has 2 aliphatic heterocycles. The van der Waals surface area contributed by atoms with Crippen LogP contribution < -0.4 is 16.0 Å². The molecular weight excluding hydrogens is 400 g/mol. The molecule has 0 atom stereocenters. The van der Waals surface area contributed by atoms with Crippen LogP contribution in [-0.4, -0.2) is 77.3 Å². The zero-order chi connectivity index (χ0) is 20.5. The van der Waals surface area contributed by atoms with Gasteiger partial charge in [0, 0.05) is 63.1 Å². The summed E-state index contributed by atoms with van der Waals surface area (Å²) in [6.07, 6.45) is 1.78. The van der Waals surface area contributed by atoms with Crippen molar-refractivity contribution in [2.75, 3.05) is 63.1 Å². The summed E-state index contributed by atoms with van der Waals surface area (Å²) in [5.41, 5.74) is 10.7. The Bertz CT molecular complexity index is 1040. The molecule has 2 fully saturated rings. The number of nitrogens with one attached hydrogen (secondary N) is 1. The second-order valence-corrected chi connectivity index (χ2v) is 8.54. The molecule has 0 aromatic carbocycles. The van der Waals surface area contributed by atoms with Crippen LogP contribution in [0.25, 0.3) is 21.5 Å². The number of fused-ring (bicyclic) bond motifs is 1. The first-order chi connectivity index (χ1) is 14.7. The number of hydrogen-bond acceptors (Lipinski definition) is 10. The average Bonchev–Trinajstić information content (AvgIpc) is 3.17. The number of nitrogens with two attached hydrogens (primary N) is 1. The number of aryl methyl sites for hydroxylation is 1. The number of morpholine rings is 1. The molecule has 0 radical (unpaired) electrons. The van der Waals surface area contributed by atoms with Gasteiger partial charge in [0.25, 0.3) is 0 Å². The van der Waals surface area contributed by atoms with Crippen molar-refractivity contribution < 1.29 is 4.74 Å². The van der Waals surface area contributed by atoms with Crippen molar-refractivity contribution in [3.63, 3.8) is 0 Å². The number of nitrogen functional groups attached to an aromatic ring is 1. The molecule has 10 heteroatoms. The molecule has 158 valence electrons. The van der Waals surface area contributed by atoms with Crippen molar-refractivity contribution in [2.45, 2.75) is 13.5 Å². The molecule has 0 saturated carbocycles. The minimum atomic E-state index is 0.278. The number of thiophene rings is 1. The summed E-state index contributed by atoms with van der Waals surface area (Å²) in [7, 11) is 0. The third kappa shape index (κ3) is 3.83. The fraction of sp³-hybridized carbons (Fsp3) is 0.500. The maximum absolute atomic E-state index is 5.79. The van der Waals surface area contributed by atoms with Crippen LogP contribution in [0.5, 0.6) is 0 Å². The molecule has 0 unspecified atom stereocenters. The zero-order valence-corrected chi connectivity index (χ0v) is 17.9. The molecular formula is C20H26N8OS. The topological polar surface area (TPSA) is 105 Å². The van der Waals surface area contributed by atoms with Crippen LogP contribution in [-0.2, 0) is 11.3 Å². The van der Waals surface area contributed by atoms with Crippen LogP contribution >= 0.6 is 11.3 Å². The molecule has 0 amide bonds. The predicted molar refractivity (Wildman–Crippen MR) is 119 cm³/mol. The predicted octanol–water partition coefficient (Wildman–Crippen LogP) is 1.28. The minimum absolute atomic E-state index is 0.278. The van der Waals surface area contributed by atoms with E-state index in [-0.39, 0.29) is 5.95 Å². The van der Waals surface area contributed by atoms with E-state index in [9.17, 15) is 0 Å². The van der Waals surface area contributed by atoms with Crippen molar-refractivity contribution >= 4 is 33.5 Å². The van der Waals surface area contributed by atoms with E-state index in [1.54, 1.807) is 17.5 Å². The van der Waals surface area contributed by atoms with Gasteiger partial charge in [0.05, 0.1) is 34.8 Å². The third-order valence-electron chi connectivity index (χ3n) is 5.63. The summed E-state index contributed by atoms with van der Waals surface area (Å²) in [5.74, 6) is 1.03. The summed E-state index contributed by atoms with van der Waals surface area (Å²) in [4.78, 5) is 23.3. The molecule has 3 aromatic heterocycles. The Balaban J connectivity index is 1.61. The Morgan fingerprint density at radius 1 is 1.13 bits per heavy atom. The van der Waals surface area contributed by atoms with Gasteiger partial charge in [-0.2, -0.15) is 0 Å². The summed E-state index contributed by atoms with van der Waals surface area (Å²) in [5, 5.41) is 5.64. The van der Waals surface area contributed by atoms with E-state index < -0.39 is 0 Å². The molecule has 30 heavy (non-hydrogen) atoms. The smallest absolute Gasteiger partial charge is 0.226 e. The lowest BCUT2D eigenvalue weighted by atomic mass is 10.1. The standard InChI is InChI=1S/C20H26N8OS/c1-13-15(10-23-19(21)24-13)17-18-16(25-20(26-17)28-6-8-29-9-7-28)14(12-30-18)11-27-4-2-22-3-5-27/h10,12,22H,2-9,11H2,1H3,(H2,21,23,24). The van der Waals surface area contributed by atoms with E-state index in [0.717, 1.165) is 78.9 Å². The van der Waals surface area contributed by atoms with E-state index in [4.69, 9.17) is 20.4 Å². The van der Waals surface area contributed by atoms with Crippen molar-refractivity contribution in [1.29, 1.82) is 0 Å². The Morgan fingerprint density at radius 2 is 1.93 bits per heavy atom. The van der Waals surface area contributed by atoms with Gasteiger partial charge in [0.1, 0.15) is 0 Å². The lowest BCUT2D eigenvalue weighted by molar-refractivity contribution is 0.122. The van der Waals surface area contributed by atoms with Crippen molar-refractivity contribution in [3.05, 3.63) is 22.8 Å². The highest BCUT2D eigenvalue weighted by Gasteiger charge is 2.22. The number of aromatic nitrogens is 4.